The molecule has 1 N–H and O–H groups in total. The Bertz CT molecular complexity index is 963. The minimum absolute atomic E-state index is 0.121. The van der Waals surface area contributed by atoms with Crippen molar-refractivity contribution in [2.45, 2.75) is 33.2 Å². The molecule has 0 bridgehead atoms. The van der Waals surface area contributed by atoms with E-state index in [1.54, 1.807) is 41.3 Å². The van der Waals surface area contributed by atoms with Gasteiger partial charge in [-0.15, -0.1) is 0 Å². The zero-order chi connectivity index (χ0) is 22.5. The van der Waals surface area contributed by atoms with Gasteiger partial charge in [0.1, 0.15) is 5.76 Å². The maximum Gasteiger partial charge on any atom is 0.295 e. The third-order valence-corrected chi connectivity index (χ3v) is 6.16. The Hall–Kier alpha value is -2.63. The Labute approximate surface area is 188 Å². The lowest BCUT2D eigenvalue weighted by molar-refractivity contribution is -0.140. The summed E-state index contributed by atoms with van der Waals surface area (Å²) in [5.74, 6) is -1.39. The molecule has 0 saturated carbocycles. The number of aliphatic hydroxyl groups is 1. The number of aryl methyl sites for hydroxylation is 1. The van der Waals surface area contributed by atoms with Gasteiger partial charge in [-0.05, 0) is 42.8 Å². The molecule has 1 aliphatic heterocycles. The Balaban J connectivity index is 2.07. The van der Waals surface area contributed by atoms with Gasteiger partial charge in [-0.2, -0.15) is 0 Å². The topological polar surface area (TPSA) is 60.9 Å². The lowest BCUT2D eigenvalue weighted by Crippen LogP contribution is -2.38. The van der Waals surface area contributed by atoms with Crippen molar-refractivity contribution in [1.82, 2.24) is 9.80 Å². The third kappa shape index (κ3) is 4.83. The monoisotopic (exact) mass is 440 g/mol. The van der Waals surface area contributed by atoms with Crippen LogP contribution in [-0.2, 0) is 16.0 Å². The standard InChI is InChI=1S/C25H29ClN2O3/c1-4-17-7-9-19(10-8-17)23(29)21-22(18-11-13-20(26)14-12-18)28(25(31)24(21)30)16-15-27(5-2)6-3/h7-14,22,29H,4-6,15-16H2,1-3H3/b23-21-. The van der Waals surface area contributed by atoms with Crippen LogP contribution in [0.4, 0.5) is 0 Å². The maximum absolute atomic E-state index is 13.0. The Morgan fingerprint density at radius 2 is 1.61 bits per heavy atom. The average molecular weight is 441 g/mol. The van der Waals surface area contributed by atoms with Crippen LogP contribution in [0.15, 0.2) is 54.1 Å². The summed E-state index contributed by atoms with van der Waals surface area (Å²) >= 11 is 6.06. The number of likely N-dealkylation sites (N-methyl/N-ethyl adjacent to an activating group) is 1. The van der Waals surface area contributed by atoms with E-state index in [4.69, 9.17) is 11.6 Å². The summed E-state index contributed by atoms with van der Waals surface area (Å²) in [6, 6.07) is 13.8. The number of carbonyl (C=O) groups excluding carboxylic acids is 2. The summed E-state index contributed by atoms with van der Waals surface area (Å²) in [5, 5.41) is 11.7. The molecule has 6 heteroatoms. The SMILES string of the molecule is CCc1ccc(/C(O)=C2/C(=O)C(=O)N(CCN(CC)CC)C2c2ccc(Cl)cc2)cc1. The van der Waals surface area contributed by atoms with Crippen LogP contribution in [0.2, 0.25) is 5.02 Å². The summed E-state index contributed by atoms with van der Waals surface area (Å²) < 4.78 is 0. The van der Waals surface area contributed by atoms with Gasteiger partial charge in [-0.3, -0.25) is 9.59 Å². The molecule has 1 amide bonds. The highest BCUT2D eigenvalue weighted by molar-refractivity contribution is 6.46. The number of Topliss-reactive ketones (excluding diaryl/α,β-unsaturated/α-hetero) is 1. The Kier molecular flexibility index (Phi) is 7.52. The number of likely N-dealkylation sites (tertiary alicyclic amines) is 1. The van der Waals surface area contributed by atoms with Gasteiger partial charge in [0.15, 0.2) is 0 Å². The molecule has 1 aliphatic rings. The predicted octanol–water partition coefficient (Wildman–Crippen LogP) is 4.67. The van der Waals surface area contributed by atoms with Crippen LogP contribution in [0.1, 0.15) is 43.5 Å². The number of hydrogen-bond acceptors (Lipinski definition) is 4. The van der Waals surface area contributed by atoms with Crippen molar-refractivity contribution in [3.63, 3.8) is 0 Å². The van der Waals surface area contributed by atoms with Crippen molar-refractivity contribution >= 4 is 29.1 Å². The molecular formula is C25H29ClN2O3. The second-order valence-corrected chi connectivity index (χ2v) is 8.06. The highest BCUT2D eigenvalue weighted by Gasteiger charge is 2.45. The lowest BCUT2D eigenvalue weighted by Gasteiger charge is -2.28. The average Bonchev–Trinajstić information content (AvgIpc) is 3.05. The van der Waals surface area contributed by atoms with E-state index in [-0.39, 0.29) is 11.3 Å². The number of ketones is 1. The van der Waals surface area contributed by atoms with Crippen LogP contribution in [-0.4, -0.2) is 52.8 Å². The van der Waals surface area contributed by atoms with E-state index in [2.05, 4.69) is 25.7 Å². The first kappa shape index (κ1) is 23.0. The molecule has 2 aromatic rings. The zero-order valence-corrected chi connectivity index (χ0v) is 19.0. The van der Waals surface area contributed by atoms with Crippen LogP contribution < -0.4 is 0 Å². The molecule has 0 spiro atoms. The Morgan fingerprint density at radius 3 is 2.16 bits per heavy atom. The van der Waals surface area contributed by atoms with Gasteiger partial charge in [0, 0.05) is 23.7 Å². The van der Waals surface area contributed by atoms with Gasteiger partial charge in [0.25, 0.3) is 11.7 Å². The van der Waals surface area contributed by atoms with E-state index in [0.717, 1.165) is 30.6 Å². The van der Waals surface area contributed by atoms with Crippen molar-refractivity contribution in [2.75, 3.05) is 26.2 Å². The highest BCUT2D eigenvalue weighted by Crippen LogP contribution is 2.39. The number of rotatable bonds is 8. The predicted molar refractivity (Wildman–Crippen MR) is 124 cm³/mol. The van der Waals surface area contributed by atoms with E-state index in [1.807, 2.05) is 12.1 Å². The molecule has 2 aromatic carbocycles. The summed E-state index contributed by atoms with van der Waals surface area (Å²) in [4.78, 5) is 29.8. The summed E-state index contributed by atoms with van der Waals surface area (Å²) in [6.07, 6.45) is 0.877. The molecule has 1 heterocycles. The third-order valence-electron chi connectivity index (χ3n) is 5.91. The van der Waals surface area contributed by atoms with Gasteiger partial charge in [0.05, 0.1) is 11.6 Å². The number of carbonyl (C=O) groups is 2. The van der Waals surface area contributed by atoms with E-state index >= 15 is 0 Å². The molecule has 1 fully saturated rings. The number of aliphatic hydroxyl groups excluding tert-OH is 1. The number of halogens is 1. The minimum atomic E-state index is -0.656. The molecular weight excluding hydrogens is 412 g/mol. The molecule has 3 rings (SSSR count). The normalized spacial score (nSPS) is 18.2. The molecule has 1 atom stereocenters. The molecule has 5 nitrogen and oxygen atoms in total. The van der Waals surface area contributed by atoms with Gasteiger partial charge in [0.2, 0.25) is 0 Å². The molecule has 31 heavy (non-hydrogen) atoms. The maximum atomic E-state index is 13.0. The number of amides is 1. The molecule has 1 unspecified atom stereocenters. The van der Waals surface area contributed by atoms with Crippen LogP contribution >= 0.6 is 11.6 Å². The van der Waals surface area contributed by atoms with Gasteiger partial charge >= 0.3 is 0 Å². The second-order valence-electron chi connectivity index (χ2n) is 7.62. The van der Waals surface area contributed by atoms with Crippen LogP contribution in [0, 0.1) is 0 Å². The van der Waals surface area contributed by atoms with Crippen LogP contribution in [0.3, 0.4) is 0 Å². The molecule has 164 valence electrons. The summed E-state index contributed by atoms with van der Waals surface area (Å²) in [5.41, 5.74) is 2.52. The second kappa shape index (κ2) is 10.1. The number of benzene rings is 2. The van der Waals surface area contributed by atoms with E-state index in [1.165, 1.54) is 0 Å². The largest absolute Gasteiger partial charge is 0.507 e. The molecule has 0 aliphatic carbocycles. The first-order valence-corrected chi connectivity index (χ1v) is 11.1. The van der Waals surface area contributed by atoms with Crippen molar-refractivity contribution < 1.29 is 14.7 Å². The van der Waals surface area contributed by atoms with Crippen molar-refractivity contribution in [3.8, 4) is 0 Å². The molecule has 0 aromatic heterocycles. The molecule has 1 saturated heterocycles. The van der Waals surface area contributed by atoms with E-state index < -0.39 is 17.7 Å². The summed E-state index contributed by atoms with van der Waals surface area (Å²) in [6.45, 7) is 8.94. The minimum Gasteiger partial charge on any atom is -0.507 e. The number of nitrogens with zero attached hydrogens (tertiary/aromatic N) is 2. The van der Waals surface area contributed by atoms with Crippen LogP contribution in [0.25, 0.3) is 5.76 Å². The van der Waals surface area contributed by atoms with Gasteiger partial charge in [-0.1, -0.05) is 68.8 Å². The first-order valence-electron chi connectivity index (χ1n) is 10.8. The van der Waals surface area contributed by atoms with Gasteiger partial charge in [-0.25, -0.2) is 0 Å². The Morgan fingerprint density at radius 1 is 1.00 bits per heavy atom. The summed E-state index contributed by atoms with van der Waals surface area (Å²) in [7, 11) is 0. The fourth-order valence-corrected chi connectivity index (χ4v) is 4.07. The van der Waals surface area contributed by atoms with E-state index in [0.29, 0.717) is 23.7 Å². The van der Waals surface area contributed by atoms with Crippen molar-refractivity contribution in [2.24, 2.45) is 0 Å². The van der Waals surface area contributed by atoms with Crippen LogP contribution in [0.5, 0.6) is 0 Å². The highest BCUT2D eigenvalue weighted by atomic mass is 35.5. The van der Waals surface area contributed by atoms with Crippen molar-refractivity contribution in [1.29, 1.82) is 0 Å². The quantitative estimate of drug-likeness (QED) is 0.368. The first-order chi connectivity index (χ1) is 14.9. The van der Waals surface area contributed by atoms with Gasteiger partial charge < -0.3 is 14.9 Å². The fraction of sp³-hybridized carbons (Fsp3) is 0.360. The molecule has 0 radical (unpaired) electrons. The smallest absolute Gasteiger partial charge is 0.295 e. The van der Waals surface area contributed by atoms with E-state index in [9.17, 15) is 14.7 Å². The zero-order valence-electron chi connectivity index (χ0n) is 18.3. The van der Waals surface area contributed by atoms with Crippen molar-refractivity contribution in [3.05, 3.63) is 75.8 Å². The number of hydrogen-bond donors (Lipinski definition) is 1. The lowest BCUT2D eigenvalue weighted by atomic mass is 9.95. The fourth-order valence-electron chi connectivity index (χ4n) is 3.95.